The number of rotatable bonds is 6. The molecule has 0 fully saturated rings. The number of aryl methyl sites for hydroxylation is 2. The van der Waals surface area contributed by atoms with Crippen molar-refractivity contribution in [3.63, 3.8) is 0 Å². The molecule has 2 aromatic rings. The monoisotopic (exact) mass is 259 g/mol. The molecule has 0 bridgehead atoms. The van der Waals surface area contributed by atoms with E-state index < -0.39 is 0 Å². The number of nitrogens with zero attached hydrogens (tertiary/aromatic N) is 2. The van der Waals surface area contributed by atoms with Crippen molar-refractivity contribution in [1.29, 1.82) is 0 Å². The number of aromatic nitrogens is 2. The summed E-state index contributed by atoms with van der Waals surface area (Å²) in [7, 11) is 0. The first-order valence-corrected chi connectivity index (χ1v) is 6.74. The van der Waals surface area contributed by atoms with E-state index in [9.17, 15) is 0 Å². The largest absolute Gasteiger partial charge is 0.337 e. The molecule has 0 aliphatic rings. The van der Waals surface area contributed by atoms with E-state index in [1.54, 1.807) is 0 Å². The minimum atomic E-state index is -0.271. The van der Waals surface area contributed by atoms with E-state index in [4.69, 9.17) is 4.52 Å². The average Bonchev–Trinajstić information content (AvgIpc) is 2.87. The van der Waals surface area contributed by atoms with Gasteiger partial charge in [-0.05, 0) is 32.4 Å². The Morgan fingerprint density at radius 2 is 1.89 bits per heavy atom. The quantitative estimate of drug-likeness (QED) is 0.866. The first kappa shape index (κ1) is 13.7. The zero-order chi connectivity index (χ0) is 13.7. The SMILES string of the molecule is CCNC(C)(C)c1nc(CCc2ccccc2)no1. The standard InChI is InChI=1S/C15H21N3O/c1-4-16-15(2,3)14-17-13(18-19-14)11-10-12-8-6-5-7-9-12/h5-9,16H,4,10-11H2,1-3H3. The van der Waals surface area contributed by atoms with Gasteiger partial charge in [-0.1, -0.05) is 42.4 Å². The van der Waals surface area contributed by atoms with Gasteiger partial charge in [-0.15, -0.1) is 0 Å². The van der Waals surface area contributed by atoms with Gasteiger partial charge in [0.2, 0.25) is 5.89 Å². The highest BCUT2D eigenvalue weighted by Gasteiger charge is 2.26. The molecule has 102 valence electrons. The van der Waals surface area contributed by atoms with Crippen molar-refractivity contribution in [3.05, 3.63) is 47.6 Å². The Morgan fingerprint density at radius 3 is 2.58 bits per heavy atom. The summed E-state index contributed by atoms with van der Waals surface area (Å²) >= 11 is 0. The van der Waals surface area contributed by atoms with Crippen molar-refractivity contribution < 1.29 is 4.52 Å². The molecule has 0 saturated heterocycles. The van der Waals surface area contributed by atoms with Gasteiger partial charge in [0.15, 0.2) is 5.82 Å². The predicted molar refractivity (Wildman–Crippen MR) is 74.9 cm³/mol. The topological polar surface area (TPSA) is 51.0 Å². The molecule has 1 aromatic heterocycles. The van der Waals surface area contributed by atoms with Crippen LogP contribution in [0.4, 0.5) is 0 Å². The van der Waals surface area contributed by atoms with Crippen LogP contribution >= 0.6 is 0 Å². The van der Waals surface area contributed by atoms with Crippen LogP contribution in [0, 0.1) is 0 Å². The van der Waals surface area contributed by atoms with E-state index in [2.05, 4.69) is 34.5 Å². The van der Waals surface area contributed by atoms with Gasteiger partial charge in [0.1, 0.15) is 0 Å². The molecule has 1 N–H and O–H groups in total. The fourth-order valence-corrected chi connectivity index (χ4v) is 2.03. The van der Waals surface area contributed by atoms with Crippen LogP contribution in [0.2, 0.25) is 0 Å². The average molecular weight is 259 g/mol. The molecule has 2 rings (SSSR count). The van der Waals surface area contributed by atoms with Crippen molar-refractivity contribution >= 4 is 0 Å². The van der Waals surface area contributed by atoms with Gasteiger partial charge in [0.25, 0.3) is 0 Å². The van der Waals surface area contributed by atoms with Gasteiger partial charge in [0, 0.05) is 6.42 Å². The molecule has 4 heteroatoms. The second-order valence-corrected chi connectivity index (χ2v) is 5.16. The zero-order valence-electron chi connectivity index (χ0n) is 11.8. The van der Waals surface area contributed by atoms with Gasteiger partial charge in [-0.25, -0.2) is 0 Å². The van der Waals surface area contributed by atoms with E-state index >= 15 is 0 Å². The van der Waals surface area contributed by atoms with Gasteiger partial charge in [0.05, 0.1) is 5.54 Å². The summed E-state index contributed by atoms with van der Waals surface area (Å²) in [4.78, 5) is 4.48. The maximum absolute atomic E-state index is 5.35. The molecule has 0 atom stereocenters. The third-order valence-electron chi connectivity index (χ3n) is 3.10. The van der Waals surface area contributed by atoms with Crippen molar-refractivity contribution in [1.82, 2.24) is 15.5 Å². The Kier molecular flexibility index (Phi) is 4.32. The molecule has 19 heavy (non-hydrogen) atoms. The van der Waals surface area contributed by atoms with Crippen LogP contribution in [0.25, 0.3) is 0 Å². The lowest BCUT2D eigenvalue weighted by Crippen LogP contribution is -2.36. The van der Waals surface area contributed by atoms with Crippen molar-refractivity contribution in [2.75, 3.05) is 6.54 Å². The highest BCUT2D eigenvalue weighted by molar-refractivity contribution is 5.15. The second kappa shape index (κ2) is 5.97. The molecule has 0 aliphatic carbocycles. The summed E-state index contributed by atoms with van der Waals surface area (Å²) in [6, 6.07) is 10.3. The first-order valence-electron chi connectivity index (χ1n) is 6.74. The normalized spacial score (nSPS) is 11.7. The molecule has 0 radical (unpaired) electrons. The van der Waals surface area contributed by atoms with Crippen LogP contribution in [-0.2, 0) is 18.4 Å². The molecule has 1 aromatic carbocycles. The number of nitrogens with one attached hydrogen (secondary N) is 1. The Bertz CT molecular complexity index is 505. The van der Waals surface area contributed by atoms with Crippen LogP contribution in [0.15, 0.2) is 34.9 Å². The summed E-state index contributed by atoms with van der Waals surface area (Å²) in [6.07, 6.45) is 1.73. The lowest BCUT2D eigenvalue weighted by molar-refractivity contribution is 0.270. The summed E-state index contributed by atoms with van der Waals surface area (Å²) in [5.74, 6) is 1.42. The molecule has 0 saturated carbocycles. The Morgan fingerprint density at radius 1 is 1.16 bits per heavy atom. The van der Waals surface area contributed by atoms with Crippen molar-refractivity contribution in [2.45, 2.75) is 39.2 Å². The highest BCUT2D eigenvalue weighted by Crippen LogP contribution is 2.18. The van der Waals surface area contributed by atoms with E-state index in [0.717, 1.165) is 25.2 Å². The molecular formula is C15H21N3O. The number of hydrogen-bond acceptors (Lipinski definition) is 4. The second-order valence-electron chi connectivity index (χ2n) is 5.16. The molecule has 0 amide bonds. The van der Waals surface area contributed by atoms with Crippen LogP contribution < -0.4 is 5.32 Å². The van der Waals surface area contributed by atoms with E-state index in [0.29, 0.717) is 5.89 Å². The Hall–Kier alpha value is -1.68. The maximum atomic E-state index is 5.35. The number of benzene rings is 1. The van der Waals surface area contributed by atoms with Crippen LogP contribution in [0.3, 0.4) is 0 Å². The predicted octanol–water partition coefficient (Wildman–Crippen LogP) is 2.70. The van der Waals surface area contributed by atoms with Crippen molar-refractivity contribution in [3.8, 4) is 0 Å². The lowest BCUT2D eigenvalue weighted by Gasteiger charge is -2.20. The summed E-state index contributed by atoms with van der Waals surface area (Å²) in [6.45, 7) is 7.03. The van der Waals surface area contributed by atoms with E-state index in [1.807, 2.05) is 32.0 Å². The van der Waals surface area contributed by atoms with Gasteiger partial charge in [-0.3, -0.25) is 0 Å². The smallest absolute Gasteiger partial charge is 0.246 e. The van der Waals surface area contributed by atoms with Gasteiger partial charge < -0.3 is 9.84 Å². The minimum Gasteiger partial charge on any atom is -0.337 e. The third kappa shape index (κ3) is 3.64. The van der Waals surface area contributed by atoms with E-state index in [1.165, 1.54) is 5.56 Å². The Labute approximate surface area is 114 Å². The summed E-state index contributed by atoms with van der Waals surface area (Å²) in [5.41, 5.74) is 1.02. The molecule has 4 nitrogen and oxygen atoms in total. The van der Waals surface area contributed by atoms with E-state index in [-0.39, 0.29) is 5.54 Å². The van der Waals surface area contributed by atoms with Gasteiger partial charge in [-0.2, -0.15) is 4.98 Å². The van der Waals surface area contributed by atoms with Gasteiger partial charge >= 0.3 is 0 Å². The van der Waals surface area contributed by atoms with Crippen LogP contribution in [-0.4, -0.2) is 16.7 Å². The highest BCUT2D eigenvalue weighted by atomic mass is 16.5. The Balaban J connectivity index is 1.98. The summed E-state index contributed by atoms with van der Waals surface area (Å²) < 4.78 is 5.35. The molecule has 1 heterocycles. The fraction of sp³-hybridized carbons (Fsp3) is 0.467. The first-order chi connectivity index (χ1) is 9.12. The number of hydrogen-bond donors (Lipinski definition) is 1. The summed E-state index contributed by atoms with van der Waals surface area (Å²) in [5, 5.41) is 7.38. The third-order valence-corrected chi connectivity index (χ3v) is 3.10. The van der Waals surface area contributed by atoms with Crippen LogP contribution in [0.5, 0.6) is 0 Å². The molecule has 0 unspecified atom stereocenters. The lowest BCUT2D eigenvalue weighted by atomic mass is 10.1. The maximum Gasteiger partial charge on any atom is 0.246 e. The molecule has 0 spiro atoms. The molecule has 0 aliphatic heterocycles. The zero-order valence-corrected chi connectivity index (χ0v) is 11.8. The van der Waals surface area contributed by atoms with Crippen LogP contribution in [0.1, 0.15) is 38.0 Å². The fourth-order valence-electron chi connectivity index (χ4n) is 2.03. The molecular weight excluding hydrogens is 238 g/mol. The van der Waals surface area contributed by atoms with Crippen molar-refractivity contribution in [2.24, 2.45) is 0 Å². The minimum absolute atomic E-state index is 0.271.